The topological polar surface area (TPSA) is 89.8 Å². The number of hydrogen-bond acceptors (Lipinski definition) is 4. The Morgan fingerprint density at radius 1 is 1.38 bits per heavy atom. The predicted octanol–water partition coefficient (Wildman–Crippen LogP) is -0.357. The normalized spacial score (nSPS) is 15.6. The molecule has 0 aliphatic carbocycles. The Morgan fingerprint density at radius 2 is 1.94 bits per heavy atom. The molecule has 5 heteroatoms. The van der Waals surface area contributed by atoms with E-state index in [9.17, 15) is 15.0 Å². The highest BCUT2D eigenvalue weighted by Crippen LogP contribution is 2.27. The largest absolute Gasteiger partial charge is 0.396 e. The van der Waals surface area contributed by atoms with Crippen LogP contribution in [0.5, 0.6) is 0 Å². The van der Waals surface area contributed by atoms with E-state index in [-0.39, 0.29) is 6.61 Å². The Kier molecular flexibility index (Phi) is 6.55. The first-order valence-corrected chi connectivity index (χ1v) is 5.62. The molecule has 0 rings (SSSR count). The van der Waals surface area contributed by atoms with Gasteiger partial charge in [0.2, 0.25) is 5.91 Å². The zero-order valence-corrected chi connectivity index (χ0v) is 10.2. The zero-order chi connectivity index (χ0) is 12.8. The second-order valence-electron chi connectivity index (χ2n) is 4.52. The number of aliphatic hydroxyl groups excluding tert-OH is 3. The first-order chi connectivity index (χ1) is 7.37. The molecule has 0 aliphatic rings. The minimum Gasteiger partial charge on any atom is -0.396 e. The lowest BCUT2D eigenvalue weighted by Crippen LogP contribution is -2.49. The molecule has 1 amide bonds. The fraction of sp³-hybridized carbons (Fsp3) is 0.909. The van der Waals surface area contributed by atoms with Crippen molar-refractivity contribution in [1.82, 2.24) is 5.32 Å². The number of nitrogens with one attached hydrogen (secondary N) is 1. The van der Waals surface area contributed by atoms with Crippen LogP contribution in [-0.2, 0) is 4.79 Å². The van der Waals surface area contributed by atoms with Crippen LogP contribution in [0.15, 0.2) is 0 Å². The smallest absolute Gasteiger partial charge is 0.249 e. The molecule has 5 nitrogen and oxygen atoms in total. The van der Waals surface area contributed by atoms with Crippen molar-refractivity contribution >= 4 is 5.91 Å². The summed E-state index contributed by atoms with van der Waals surface area (Å²) in [5.74, 6) is -0.508. The molecule has 0 radical (unpaired) electrons. The lowest BCUT2D eigenvalue weighted by Gasteiger charge is -2.33. The monoisotopic (exact) mass is 233 g/mol. The number of amides is 1. The van der Waals surface area contributed by atoms with E-state index in [4.69, 9.17) is 5.11 Å². The van der Waals surface area contributed by atoms with E-state index in [1.165, 1.54) is 0 Å². The van der Waals surface area contributed by atoms with Gasteiger partial charge in [0.15, 0.2) is 0 Å². The highest BCUT2D eigenvalue weighted by Gasteiger charge is 2.38. The standard InChI is InChI=1S/C11H23NO4/c1-4-8(14)11(2,3)9(15)10(16)12-6-5-7-13/h8-9,13-15H,4-7H2,1-3H3,(H,12,16). The minimum absolute atomic E-state index is 0.00263. The Morgan fingerprint density at radius 3 is 2.38 bits per heavy atom. The first kappa shape index (κ1) is 15.3. The molecule has 0 aliphatic heterocycles. The fourth-order valence-corrected chi connectivity index (χ4v) is 1.43. The zero-order valence-electron chi connectivity index (χ0n) is 10.2. The summed E-state index contributed by atoms with van der Waals surface area (Å²) in [5.41, 5.74) is -0.877. The van der Waals surface area contributed by atoms with E-state index in [0.29, 0.717) is 19.4 Å². The SMILES string of the molecule is CCC(O)C(C)(C)C(O)C(=O)NCCCO. The highest BCUT2D eigenvalue weighted by molar-refractivity contribution is 5.81. The third-order valence-corrected chi connectivity index (χ3v) is 2.83. The summed E-state index contributed by atoms with van der Waals surface area (Å²) in [4.78, 5) is 11.5. The summed E-state index contributed by atoms with van der Waals surface area (Å²) in [7, 11) is 0. The summed E-state index contributed by atoms with van der Waals surface area (Å²) in [6, 6.07) is 0. The van der Waals surface area contributed by atoms with E-state index in [2.05, 4.69) is 5.32 Å². The van der Waals surface area contributed by atoms with Gasteiger partial charge in [0.1, 0.15) is 6.10 Å². The van der Waals surface area contributed by atoms with Crippen molar-refractivity contribution in [3.63, 3.8) is 0 Å². The molecule has 0 saturated carbocycles. The Balaban J connectivity index is 4.30. The summed E-state index contributed by atoms with van der Waals surface area (Å²) < 4.78 is 0. The number of carbonyl (C=O) groups excluding carboxylic acids is 1. The number of hydrogen-bond donors (Lipinski definition) is 4. The molecule has 2 unspecified atom stereocenters. The van der Waals surface area contributed by atoms with Gasteiger partial charge < -0.3 is 20.6 Å². The molecule has 0 heterocycles. The van der Waals surface area contributed by atoms with Crippen molar-refractivity contribution in [1.29, 1.82) is 0 Å². The quantitative estimate of drug-likeness (QED) is 0.452. The van der Waals surface area contributed by atoms with Gasteiger partial charge in [-0.05, 0) is 12.8 Å². The van der Waals surface area contributed by atoms with Gasteiger partial charge in [-0.15, -0.1) is 0 Å². The summed E-state index contributed by atoms with van der Waals surface area (Å²) >= 11 is 0. The lowest BCUT2D eigenvalue weighted by atomic mass is 9.79. The molecule has 96 valence electrons. The van der Waals surface area contributed by atoms with Gasteiger partial charge in [0.05, 0.1) is 6.10 Å². The molecule has 0 spiro atoms. The highest BCUT2D eigenvalue weighted by atomic mass is 16.3. The molecule has 0 aromatic heterocycles. The average Bonchev–Trinajstić information content (AvgIpc) is 2.26. The molecule has 4 N–H and O–H groups in total. The maximum atomic E-state index is 11.5. The molecule has 0 fully saturated rings. The third-order valence-electron chi connectivity index (χ3n) is 2.83. The van der Waals surface area contributed by atoms with Crippen LogP contribution in [-0.4, -0.2) is 46.6 Å². The summed E-state index contributed by atoms with van der Waals surface area (Å²) in [6.07, 6.45) is -1.05. The van der Waals surface area contributed by atoms with Gasteiger partial charge in [-0.1, -0.05) is 20.8 Å². The second-order valence-corrected chi connectivity index (χ2v) is 4.52. The minimum atomic E-state index is -1.25. The van der Waals surface area contributed by atoms with Crippen molar-refractivity contribution in [2.24, 2.45) is 5.41 Å². The Hall–Kier alpha value is -0.650. The molecule has 16 heavy (non-hydrogen) atoms. The van der Waals surface area contributed by atoms with Crippen molar-refractivity contribution in [2.45, 2.75) is 45.8 Å². The van der Waals surface area contributed by atoms with Crippen LogP contribution in [0.2, 0.25) is 0 Å². The fourth-order valence-electron chi connectivity index (χ4n) is 1.43. The molecule has 0 bridgehead atoms. The predicted molar refractivity (Wildman–Crippen MR) is 60.8 cm³/mol. The summed E-state index contributed by atoms with van der Waals surface area (Å²) in [5, 5.41) is 30.6. The van der Waals surface area contributed by atoms with Gasteiger partial charge in [-0.2, -0.15) is 0 Å². The molecular weight excluding hydrogens is 210 g/mol. The number of rotatable bonds is 7. The van der Waals surface area contributed by atoms with Crippen LogP contribution in [0.4, 0.5) is 0 Å². The van der Waals surface area contributed by atoms with Crippen molar-refractivity contribution < 1.29 is 20.1 Å². The van der Waals surface area contributed by atoms with Crippen LogP contribution in [0.1, 0.15) is 33.6 Å². The molecule has 0 aromatic carbocycles. The summed E-state index contributed by atoms with van der Waals surface area (Å²) in [6.45, 7) is 5.42. The third kappa shape index (κ3) is 4.08. The van der Waals surface area contributed by atoms with Crippen LogP contribution in [0, 0.1) is 5.41 Å². The van der Waals surface area contributed by atoms with Crippen LogP contribution in [0.3, 0.4) is 0 Å². The van der Waals surface area contributed by atoms with E-state index in [0.717, 1.165) is 0 Å². The van der Waals surface area contributed by atoms with E-state index in [1.54, 1.807) is 20.8 Å². The van der Waals surface area contributed by atoms with Gasteiger partial charge >= 0.3 is 0 Å². The average molecular weight is 233 g/mol. The second kappa shape index (κ2) is 6.83. The number of carbonyl (C=O) groups is 1. The van der Waals surface area contributed by atoms with Crippen molar-refractivity contribution in [2.75, 3.05) is 13.2 Å². The van der Waals surface area contributed by atoms with Gasteiger partial charge in [-0.3, -0.25) is 4.79 Å². The van der Waals surface area contributed by atoms with E-state index >= 15 is 0 Å². The van der Waals surface area contributed by atoms with Gasteiger partial charge in [0, 0.05) is 18.6 Å². The molecule has 0 saturated heterocycles. The lowest BCUT2D eigenvalue weighted by molar-refractivity contribution is -0.141. The van der Waals surface area contributed by atoms with Crippen LogP contribution >= 0.6 is 0 Å². The maximum Gasteiger partial charge on any atom is 0.249 e. The Bertz CT molecular complexity index is 218. The maximum absolute atomic E-state index is 11.5. The van der Waals surface area contributed by atoms with E-state index < -0.39 is 23.5 Å². The van der Waals surface area contributed by atoms with Crippen LogP contribution in [0.25, 0.3) is 0 Å². The molecular formula is C11H23NO4. The van der Waals surface area contributed by atoms with Gasteiger partial charge in [-0.25, -0.2) is 0 Å². The Labute approximate surface area is 96.5 Å². The molecule has 0 aromatic rings. The van der Waals surface area contributed by atoms with Crippen molar-refractivity contribution in [3.8, 4) is 0 Å². The van der Waals surface area contributed by atoms with Crippen LogP contribution < -0.4 is 5.32 Å². The van der Waals surface area contributed by atoms with E-state index in [1.807, 2.05) is 0 Å². The number of aliphatic hydroxyl groups is 3. The molecule has 2 atom stereocenters. The first-order valence-electron chi connectivity index (χ1n) is 5.62. The van der Waals surface area contributed by atoms with Crippen molar-refractivity contribution in [3.05, 3.63) is 0 Å². The van der Waals surface area contributed by atoms with Gasteiger partial charge in [0.25, 0.3) is 0 Å².